The van der Waals surface area contributed by atoms with E-state index in [1.54, 1.807) is 16.8 Å². The Labute approximate surface area is 175 Å². The monoisotopic (exact) mass is 398 g/mol. The van der Waals surface area contributed by atoms with Gasteiger partial charge < -0.3 is 10.1 Å². The molecule has 0 bridgehead atoms. The third-order valence-electron chi connectivity index (χ3n) is 4.65. The van der Waals surface area contributed by atoms with Crippen molar-refractivity contribution < 1.29 is 9.53 Å². The molecule has 0 atom stereocenters. The highest BCUT2D eigenvalue weighted by Crippen LogP contribution is 2.26. The van der Waals surface area contributed by atoms with Crippen molar-refractivity contribution in [2.45, 2.75) is 13.8 Å². The van der Waals surface area contributed by atoms with E-state index in [4.69, 9.17) is 4.74 Å². The second-order valence-electron chi connectivity index (χ2n) is 6.74. The summed E-state index contributed by atoms with van der Waals surface area (Å²) in [6.45, 7) is 4.43. The summed E-state index contributed by atoms with van der Waals surface area (Å²) in [6.07, 6.45) is 0. The third kappa shape index (κ3) is 4.07. The first-order chi connectivity index (χ1) is 14.7. The second-order valence-corrected chi connectivity index (χ2v) is 6.74. The number of aromatic nitrogens is 3. The fraction of sp³-hybridized carbons (Fsp3) is 0.125. The predicted octanol–water partition coefficient (Wildman–Crippen LogP) is 4.89. The number of aryl methyl sites for hydroxylation is 1. The molecule has 0 radical (unpaired) electrons. The Kier molecular flexibility index (Phi) is 5.57. The first-order valence-corrected chi connectivity index (χ1v) is 9.78. The minimum Gasteiger partial charge on any atom is -0.463 e. The molecule has 3 aromatic carbocycles. The van der Waals surface area contributed by atoms with Gasteiger partial charge in [0.05, 0.1) is 12.3 Å². The summed E-state index contributed by atoms with van der Waals surface area (Å²) in [7, 11) is 0. The SMILES string of the molecule is CCOc1nc(-c2ccccc2C)n(-c2ccc(NC(=O)c3ccccc3)cc2)n1. The number of carbonyl (C=O) groups excluding carboxylic acids is 1. The molecule has 6 heteroatoms. The highest BCUT2D eigenvalue weighted by atomic mass is 16.5. The first kappa shape index (κ1) is 19.4. The van der Waals surface area contributed by atoms with Crippen molar-refractivity contribution in [2.75, 3.05) is 11.9 Å². The molecule has 150 valence electrons. The second kappa shape index (κ2) is 8.61. The average molecular weight is 398 g/mol. The van der Waals surface area contributed by atoms with Gasteiger partial charge in [0.2, 0.25) is 0 Å². The van der Waals surface area contributed by atoms with Gasteiger partial charge in [-0.15, -0.1) is 5.10 Å². The van der Waals surface area contributed by atoms with Crippen LogP contribution in [-0.2, 0) is 0 Å². The van der Waals surface area contributed by atoms with E-state index < -0.39 is 0 Å². The lowest BCUT2D eigenvalue weighted by atomic mass is 10.1. The molecule has 30 heavy (non-hydrogen) atoms. The molecular formula is C24H22N4O2. The fourth-order valence-corrected chi connectivity index (χ4v) is 3.14. The predicted molar refractivity (Wildman–Crippen MR) is 117 cm³/mol. The van der Waals surface area contributed by atoms with E-state index in [2.05, 4.69) is 15.4 Å². The summed E-state index contributed by atoms with van der Waals surface area (Å²) in [5.74, 6) is 0.556. The summed E-state index contributed by atoms with van der Waals surface area (Å²) < 4.78 is 7.30. The van der Waals surface area contributed by atoms with Gasteiger partial charge in [0.1, 0.15) is 0 Å². The standard InChI is InChI=1S/C24H22N4O2/c1-3-30-24-26-22(21-12-8-7-9-17(21)2)28(27-24)20-15-13-19(14-16-20)25-23(29)18-10-5-4-6-11-18/h4-16H,3H2,1-2H3,(H,25,29). The highest BCUT2D eigenvalue weighted by molar-refractivity contribution is 6.04. The van der Waals surface area contributed by atoms with Crippen molar-refractivity contribution in [1.82, 2.24) is 14.8 Å². The molecule has 4 rings (SSSR count). The molecule has 0 saturated carbocycles. The van der Waals surface area contributed by atoms with Gasteiger partial charge in [0, 0.05) is 16.8 Å². The molecule has 0 spiro atoms. The molecule has 0 aliphatic heterocycles. The van der Waals surface area contributed by atoms with Gasteiger partial charge in [-0.25, -0.2) is 4.68 Å². The molecular weight excluding hydrogens is 376 g/mol. The lowest BCUT2D eigenvalue weighted by molar-refractivity contribution is 0.102. The van der Waals surface area contributed by atoms with Crippen LogP contribution >= 0.6 is 0 Å². The minimum absolute atomic E-state index is 0.150. The lowest BCUT2D eigenvalue weighted by Gasteiger charge is -2.09. The zero-order chi connectivity index (χ0) is 20.9. The van der Waals surface area contributed by atoms with Crippen LogP contribution in [0, 0.1) is 6.92 Å². The molecule has 1 amide bonds. The van der Waals surface area contributed by atoms with Gasteiger partial charge in [-0.1, -0.05) is 42.5 Å². The van der Waals surface area contributed by atoms with Gasteiger partial charge >= 0.3 is 6.01 Å². The van der Waals surface area contributed by atoms with Gasteiger partial charge in [0.25, 0.3) is 5.91 Å². The molecule has 0 fully saturated rings. The van der Waals surface area contributed by atoms with Crippen LogP contribution in [-0.4, -0.2) is 27.3 Å². The number of rotatable bonds is 6. The van der Waals surface area contributed by atoms with Gasteiger partial charge in [-0.2, -0.15) is 4.98 Å². The largest absolute Gasteiger partial charge is 0.463 e. The van der Waals surface area contributed by atoms with Crippen LogP contribution in [0.15, 0.2) is 78.9 Å². The van der Waals surface area contributed by atoms with Crippen LogP contribution < -0.4 is 10.1 Å². The first-order valence-electron chi connectivity index (χ1n) is 9.78. The van der Waals surface area contributed by atoms with Crippen molar-refractivity contribution in [3.05, 3.63) is 90.0 Å². The Balaban J connectivity index is 1.64. The molecule has 0 aliphatic carbocycles. The Morgan fingerprint density at radius 2 is 1.67 bits per heavy atom. The maximum absolute atomic E-state index is 12.4. The number of nitrogens with zero attached hydrogens (tertiary/aromatic N) is 3. The number of amides is 1. The summed E-state index contributed by atoms with van der Waals surface area (Å²) in [5.41, 5.74) is 4.22. The van der Waals surface area contributed by atoms with E-state index in [0.29, 0.717) is 29.7 Å². The van der Waals surface area contributed by atoms with Crippen molar-refractivity contribution in [3.8, 4) is 23.1 Å². The summed E-state index contributed by atoms with van der Waals surface area (Å²) in [4.78, 5) is 16.9. The topological polar surface area (TPSA) is 69.0 Å². The third-order valence-corrected chi connectivity index (χ3v) is 4.65. The van der Waals surface area contributed by atoms with E-state index in [0.717, 1.165) is 16.8 Å². The number of anilines is 1. The summed E-state index contributed by atoms with van der Waals surface area (Å²) in [6, 6.07) is 25.0. The molecule has 1 N–H and O–H groups in total. The van der Waals surface area contributed by atoms with E-state index in [1.165, 1.54) is 0 Å². The number of benzene rings is 3. The number of carbonyl (C=O) groups is 1. The van der Waals surface area contributed by atoms with E-state index in [1.807, 2.05) is 80.6 Å². The number of hydrogen-bond donors (Lipinski definition) is 1. The maximum Gasteiger partial charge on any atom is 0.336 e. The van der Waals surface area contributed by atoms with Crippen LogP contribution in [0.25, 0.3) is 17.1 Å². The maximum atomic E-state index is 12.4. The summed E-state index contributed by atoms with van der Waals surface area (Å²) in [5, 5.41) is 7.43. The zero-order valence-corrected chi connectivity index (χ0v) is 16.9. The van der Waals surface area contributed by atoms with Crippen LogP contribution in [0.2, 0.25) is 0 Å². The normalized spacial score (nSPS) is 10.6. The lowest BCUT2D eigenvalue weighted by Crippen LogP contribution is -2.11. The van der Waals surface area contributed by atoms with Crippen LogP contribution in [0.5, 0.6) is 6.01 Å². The van der Waals surface area contributed by atoms with Gasteiger partial charge in [-0.3, -0.25) is 4.79 Å². The van der Waals surface area contributed by atoms with Crippen molar-refractivity contribution in [1.29, 1.82) is 0 Å². The van der Waals surface area contributed by atoms with Crippen molar-refractivity contribution >= 4 is 11.6 Å². The van der Waals surface area contributed by atoms with Gasteiger partial charge in [-0.05, 0) is 55.8 Å². The fourth-order valence-electron chi connectivity index (χ4n) is 3.14. The molecule has 0 aliphatic rings. The highest BCUT2D eigenvalue weighted by Gasteiger charge is 2.16. The molecule has 6 nitrogen and oxygen atoms in total. The Morgan fingerprint density at radius 1 is 0.967 bits per heavy atom. The molecule has 1 aromatic heterocycles. The van der Waals surface area contributed by atoms with Gasteiger partial charge in [0.15, 0.2) is 5.82 Å². The Bertz CT molecular complexity index is 1150. The average Bonchev–Trinajstić information content (AvgIpc) is 3.19. The number of ether oxygens (including phenoxy) is 1. The van der Waals surface area contributed by atoms with Crippen molar-refractivity contribution in [2.24, 2.45) is 0 Å². The van der Waals surface area contributed by atoms with Crippen LogP contribution in [0.3, 0.4) is 0 Å². The van der Waals surface area contributed by atoms with Crippen molar-refractivity contribution in [3.63, 3.8) is 0 Å². The molecule has 0 saturated heterocycles. The zero-order valence-electron chi connectivity index (χ0n) is 16.9. The van der Waals surface area contributed by atoms with Crippen LogP contribution in [0.1, 0.15) is 22.8 Å². The quantitative estimate of drug-likeness (QED) is 0.502. The molecule has 1 heterocycles. The smallest absolute Gasteiger partial charge is 0.336 e. The van der Waals surface area contributed by atoms with E-state index >= 15 is 0 Å². The Morgan fingerprint density at radius 3 is 2.37 bits per heavy atom. The van der Waals surface area contributed by atoms with Crippen LogP contribution in [0.4, 0.5) is 5.69 Å². The number of nitrogens with one attached hydrogen (secondary N) is 1. The molecule has 0 unspecified atom stereocenters. The van der Waals surface area contributed by atoms with E-state index in [9.17, 15) is 4.79 Å². The Hall–Kier alpha value is -3.93. The summed E-state index contributed by atoms with van der Waals surface area (Å²) >= 11 is 0. The number of hydrogen-bond acceptors (Lipinski definition) is 4. The molecule has 4 aromatic rings. The van der Waals surface area contributed by atoms with E-state index in [-0.39, 0.29) is 5.91 Å². The minimum atomic E-state index is -0.150.